The molecule has 0 aliphatic rings. The number of hydrogen-bond acceptors (Lipinski definition) is 6. The molecule has 1 unspecified atom stereocenters. The van der Waals surface area contributed by atoms with Gasteiger partial charge in [0.15, 0.2) is 11.0 Å². The van der Waals surface area contributed by atoms with Gasteiger partial charge in [0.05, 0.1) is 10.4 Å². The van der Waals surface area contributed by atoms with E-state index in [-0.39, 0.29) is 4.21 Å². The van der Waals surface area contributed by atoms with E-state index in [1.165, 1.54) is 6.07 Å². The number of rotatable bonds is 6. The molecule has 0 aliphatic carbocycles. The first-order chi connectivity index (χ1) is 9.85. The number of halogens is 1. The topological polar surface area (TPSA) is 76.9 Å². The smallest absolute Gasteiger partial charge is 0.250 e. The number of thiophene rings is 1. The van der Waals surface area contributed by atoms with Crippen LogP contribution in [0.1, 0.15) is 25.7 Å². The van der Waals surface area contributed by atoms with Gasteiger partial charge in [0.1, 0.15) is 4.21 Å². The van der Waals surface area contributed by atoms with Gasteiger partial charge in [0, 0.05) is 7.05 Å². The molecule has 2 aromatic heterocycles. The summed E-state index contributed by atoms with van der Waals surface area (Å²) in [5.74, 6) is 1.44. The van der Waals surface area contributed by atoms with Crippen LogP contribution in [0.4, 0.5) is 0 Å². The van der Waals surface area contributed by atoms with Gasteiger partial charge in [0.2, 0.25) is 0 Å². The summed E-state index contributed by atoms with van der Waals surface area (Å²) in [6.45, 7) is 3.75. The average Bonchev–Trinajstić information content (AvgIpc) is 2.97. The zero-order valence-corrected chi connectivity index (χ0v) is 14.9. The molecule has 6 nitrogen and oxygen atoms in total. The molecule has 116 valence electrons. The van der Waals surface area contributed by atoms with Crippen LogP contribution in [0.25, 0.3) is 0 Å². The molecule has 2 aromatic rings. The highest BCUT2D eigenvalue weighted by molar-refractivity contribution is 7.99. The minimum absolute atomic E-state index is 0.185. The van der Waals surface area contributed by atoms with Crippen molar-refractivity contribution in [2.24, 2.45) is 7.05 Å². The highest BCUT2D eigenvalue weighted by Crippen LogP contribution is 2.27. The summed E-state index contributed by atoms with van der Waals surface area (Å²) >= 11 is 8.35. The summed E-state index contributed by atoms with van der Waals surface area (Å²) in [5, 5.41) is 8.88. The Balaban J connectivity index is 2.19. The fourth-order valence-corrected chi connectivity index (χ4v) is 5.09. The molecule has 0 aliphatic heterocycles. The van der Waals surface area contributed by atoms with Gasteiger partial charge in [0.25, 0.3) is 10.0 Å². The normalized spacial score (nSPS) is 13.5. The lowest BCUT2D eigenvalue weighted by molar-refractivity contribution is 0.552. The Morgan fingerprint density at radius 1 is 1.48 bits per heavy atom. The van der Waals surface area contributed by atoms with Crippen LogP contribution in [0.2, 0.25) is 4.34 Å². The van der Waals surface area contributed by atoms with Crippen molar-refractivity contribution < 1.29 is 8.42 Å². The number of hydrogen-bond donors (Lipinski definition) is 1. The third-order valence-corrected chi connectivity index (χ3v) is 6.84. The van der Waals surface area contributed by atoms with Crippen molar-refractivity contribution in [2.45, 2.75) is 29.3 Å². The molecule has 0 saturated heterocycles. The second-order valence-corrected chi connectivity index (χ2v) is 9.12. The van der Waals surface area contributed by atoms with E-state index < -0.39 is 16.1 Å². The zero-order chi connectivity index (χ0) is 15.6. The quantitative estimate of drug-likeness (QED) is 0.795. The third-order valence-electron chi connectivity index (χ3n) is 2.67. The second-order valence-electron chi connectivity index (χ2n) is 4.23. The van der Waals surface area contributed by atoms with Crippen LogP contribution in [0, 0.1) is 0 Å². The van der Waals surface area contributed by atoms with E-state index in [2.05, 4.69) is 14.9 Å². The molecule has 0 aromatic carbocycles. The number of nitrogens with zero attached hydrogens (tertiary/aromatic N) is 3. The molecule has 0 radical (unpaired) electrons. The summed E-state index contributed by atoms with van der Waals surface area (Å²) in [6.07, 6.45) is 0. The Labute approximate surface area is 137 Å². The SMILES string of the molecule is CCSc1nnc(C(C)NS(=O)(=O)c2ccc(Cl)s2)n1C. The van der Waals surface area contributed by atoms with Crippen molar-refractivity contribution in [1.82, 2.24) is 19.5 Å². The van der Waals surface area contributed by atoms with E-state index in [0.29, 0.717) is 10.2 Å². The lowest BCUT2D eigenvalue weighted by Crippen LogP contribution is -2.28. The molecule has 2 heterocycles. The highest BCUT2D eigenvalue weighted by Gasteiger charge is 2.23. The van der Waals surface area contributed by atoms with Crippen molar-refractivity contribution in [3.63, 3.8) is 0 Å². The van der Waals surface area contributed by atoms with E-state index in [1.54, 1.807) is 29.3 Å². The van der Waals surface area contributed by atoms with Crippen LogP contribution < -0.4 is 4.72 Å². The molecule has 1 N–H and O–H groups in total. The van der Waals surface area contributed by atoms with Crippen molar-refractivity contribution >= 4 is 44.7 Å². The van der Waals surface area contributed by atoms with E-state index in [4.69, 9.17) is 11.6 Å². The summed E-state index contributed by atoms with van der Waals surface area (Å²) in [7, 11) is -1.79. The molecular weight excluding hydrogens is 352 g/mol. The molecule has 1 atom stereocenters. The molecule has 0 spiro atoms. The lowest BCUT2D eigenvalue weighted by atomic mass is 10.3. The Bertz CT molecular complexity index is 726. The highest BCUT2D eigenvalue weighted by atomic mass is 35.5. The number of thioether (sulfide) groups is 1. The summed E-state index contributed by atoms with van der Waals surface area (Å²) in [4.78, 5) is 0. The van der Waals surface area contributed by atoms with Crippen LogP contribution in [0.15, 0.2) is 21.5 Å². The van der Waals surface area contributed by atoms with Gasteiger partial charge < -0.3 is 4.57 Å². The van der Waals surface area contributed by atoms with Crippen LogP contribution in [-0.2, 0) is 17.1 Å². The summed E-state index contributed by atoms with van der Waals surface area (Å²) in [5.41, 5.74) is 0. The Kier molecular flexibility index (Phi) is 5.31. The Morgan fingerprint density at radius 3 is 2.76 bits per heavy atom. The van der Waals surface area contributed by atoms with Crippen molar-refractivity contribution in [3.8, 4) is 0 Å². The molecule has 0 bridgehead atoms. The van der Waals surface area contributed by atoms with Crippen LogP contribution >= 0.6 is 34.7 Å². The van der Waals surface area contributed by atoms with Gasteiger partial charge >= 0.3 is 0 Å². The summed E-state index contributed by atoms with van der Waals surface area (Å²) < 4.78 is 29.5. The van der Waals surface area contributed by atoms with E-state index in [9.17, 15) is 8.42 Å². The predicted octanol–water partition coefficient (Wildman–Crippen LogP) is 2.68. The standard InChI is InChI=1S/C11H15ClN4O2S3/c1-4-19-11-14-13-10(16(11)3)7(2)15-21(17,18)9-6-5-8(12)20-9/h5-7,15H,4H2,1-3H3. The molecule has 2 rings (SSSR count). The molecular formula is C11H15ClN4O2S3. The van der Waals surface area contributed by atoms with Crippen molar-refractivity contribution in [1.29, 1.82) is 0 Å². The minimum atomic E-state index is -3.61. The number of aromatic nitrogens is 3. The zero-order valence-electron chi connectivity index (χ0n) is 11.7. The lowest BCUT2D eigenvalue weighted by Gasteiger charge is -2.13. The van der Waals surface area contributed by atoms with Gasteiger partial charge in [-0.15, -0.1) is 21.5 Å². The molecule has 10 heteroatoms. The predicted molar refractivity (Wildman–Crippen MR) is 85.5 cm³/mol. The van der Waals surface area contributed by atoms with Crippen LogP contribution in [0.3, 0.4) is 0 Å². The average molecular weight is 367 g/mol. The monoisotopic (exact) mass is 366 g/mol. The maximum absolute atomic E-state index is 12.3. The molecule has 21 heavy (non-hydrogen) atoms. The van der Waals surface area contributed by atoms with Crippen LogP contribution in [-0.4, -0.2) is 28.9 Å². The van der Waals surface area contributed by atoms with E-state index in [1.807, 2.05) is 14.0 Å². The van der Waals surface area contributed by atoms with Gasteiger partial charge in [-0.3, -0.25) is 0 Å². The molecule has 0 amide bonds. The van der Waals surface area contributed by atoms with Gasteiger partial charge in [-0.1, -0.05) is 30.3 Å². The number of nitrogens with one attached hydrogen (secondary N) is 1. The summed E-state index contributed by atoms with van der Waals surface area (Å²) in [6, 6.07) is 2.56. The number of sulfonamides is 1. The van der Waals surface area contributed by atoms with Crippen LogP contribution in [0.5, 0.6) is 0 Å². The first-order valence-electron chi connectivity index (χ1n) is 6.15. The first-order valence-corrected chi connectivity index (χ1v) is 9.81. The molecule has 0 fully saturated rings. The molecule has 0 saturated carbocycles. The fourth-order valence-electron chi connectivity index (χ4n) is 1.74. The first kappa shape index (κ1) is 16.8. The maximum atomic E-state index is 12.3. The van der Waals surface area contributed by atoms with Gasteiger partial charge in [-0.2, -0.15) is 0 Å². The van der Waals surface area contributed by atoms with Crippen molar-refractivity contribution in [3.05, 3.63) is 22.3 Å². The Hall–Kier alpha value is -0.610. The Morgan fingerprint density at radius 2 is 2.19 bits per heavy atom. The minimum Gasteiger partial charge on any atom is -0.308 e. The van der Waals surface area contributed by atoms with Gasteiger partial charge in [-0.05, 0) is 24.8 Å². The fraction of sp³-hybridized carbons (Fsp3) is 0.455. The van der Waals surface area contributed by atoms with Gasteiger partial charge in [-0.25, -0.2) is 13.1 Å². The van der Waals surface area contributed by atoms with E-state index >= 15 is 0 Å². The maximum Gasteiger partial charge on any atom is 0.250 e. The van der Waals surface area contributed by atoms with Crippen molar-refractivity contribution in [2.75, 3.05) is 5.75 Å². The van der Waals surface area contributed by atoms with E-state index in [0.717, 1.165) is 22.2 Å². The third kappa shape index (κ3) is 3.78. The second kappa shape index (κ2) is 6.66. The largest absolute Gasteiger partial charge is 0.308 e.